The number of aromatic nitrogens is 3. The summed E-state index contributed by atoms with van der Waals surface area (Å²) in [7, 11) is 0. The Morgan fingerprint density at radius 1 is 1.27 bits per heavy atom. The van der Waals surface area contributed by atoms with Crippen LogP contribution in [0, 0.1) is 0 Å². The van der Waals surface area contributed by atoms with Crippen molar-refractivity contribution in [2.45, 2.75) is 25.3 Å². The SMILES string of the molecule is C=Nc1cncc(C2CC2)c1/C(=N\Cc1ccnc2[nH]c(Cl)cc12)N1CCNCC1. The summed E-state index contributed by atoms with van der Waals surface area (Å²) in [4.78, 5) is 23.7. The molecular formula is C22H24ClN7. The molecule has 3 aromatic heterocycles. The molecule has 2 fully saturated rings. The first-order valence-corrected chi connectivity index (χ1v) is 10.7. The number of hydrogen-bond donors (Lipinski definition) is 2. The first-order valence-electron chi connectivity index (χ1n) is 10.3. The van der Waals surface area contributed by atoms with E-state index in [4.69, 9.17) is 16.6 Å². The summed E-state index contributed by atoms with van der Waals surface area (Å²) < 4.78 is 0. The summed E-state index contributed by atoms with van der Waals surface area (Å²) >= 11 is 6.16. The first kappa shape index (κ1) is 19.2. The van der Waals surface area contributed by atoms with Crippen LogP contribution >= 0.6 is 11.6 Å². The van der Waals surface area contributed by atoms with Crippen LogP contribution in [-0.2, 0) is 6.54 Å². The van der Waals surface area contributed by atoms with E-state index in [-0.39, 0.29) is 0 Å². The summed E-state index contributed by atoms with van der Waals surface area (Å²) in [5.74, 6) is 1.52. The quantitative estimate of drug-likeness (QED) is 0.486. The van der Waals surface area contributed by atoms with Gasteiger partial charge in [0.1, 0.15) is 16.6 Å². The molecule has 3 aromatic rings. The molecule has 2 N–H and O–H groups in total. The van der Waals surface area contributed by atoms with Crippen molar-refractivity contribution in [1.29, 1.82) is 0 Å². The van der Waals surface area contributed by atoms with Gasteiger partial charge in [-0.15, -0.1) is 0 Å². The average molecular weight is 422 g/mol. The fourth-order valence-electron chi connectivity index (χ4n) is 4.09. The zero-order chi connectivity index (χ0) is 20.5. The summed E-state index contributed by atoms with van der Waals surface area (Å²) in [5, 5.41) is 5.02. The third kappa shape index (κ3) is 3.70. The van der Waals surface area contributed by atoms with E-state index in [1.165, 1.54) is 18.4 Å². The Kier molecular flexibility index (Phi) is 5.23. The lowest BCUT2D eigenvalue weighted by Crippen LogP contribution is -2.47. The number of rotatable bonds is 5. The van der Waals surface area contributed by atoms with Crippen molar-refractivity contribution in [3.8, 4) is 0 Å². The maximum atomic E-state index is 6.16. The van der Waals surface area contributed by atoms with Crippen LogP contribution in [0.3, 0.4) is 0 Å². The van der Waals surface area contributed by atoms with Crippen molar-refractivity contribution in [3.63, 3.8) is 0 Å². The fraction of sp³-hybridized carbons (Fsp3) is 0.364. The van der Waals surface area contributed by atoms with Gasteiger partial charge in [-0.3, -0.25) is 15.0 Å². The van der Waals surface area contributed by atoms with Crippen LogP contribution in [-0.4, -0.2) is 58.6 Å². The molecule has 0 radical (unpaired) electrons. The Labute approximate surface area is 180 Å². The lowest BCUT2D eigenvalue weighted by molar-refractivity contribution is 0.357. The van der Waals surface area contributed by atoms with Crippen LogP contribution in [0.5, 0.6) is 0 Å². The number of amidine groups is 1. The Morgan fingerprint density at radius 2 is 2.10 bits per heavy atom. The zero-order valence-corrected chi connectivity index (χ0v) is 17.5. The van der Waals surface area contributed by atoms with Crippen LogP contribution in [0.2, 0.25) is 5.15 Å². The normalized spacial score (nSPS) is 17.5. The summed E-state index contributed by atoms with van der Waals surface area (Å²) in [6.07, 6.45) is 7.95. The third-order valence-electron chi connectivity index (χ3n) is 5.77. The zero-order valence-electron chi connectivity index (χ0n) is 16.7. The van der Waals surface area contributed by atoms with Crippen LogP contribution in [0.1, 0.15) is 35.4 Å². The molecule has 8 heteroatoms. The lowest BCUT2D eigenvalue weighted by Gasteiger charge is -2.32. The van der Waals surface area contributed by atoms with Gasteiger partial charge in [-0.05, 0) is 48.7 Å². The summed E-state index contributed by atoms with van der Waals surface area (Å²) in [6.45, 7) is 8.02. The van der Waals surface area contributed by atoms with Crippen molar-refractivity contribution in [2.75, 3.05) is 26.2 Å². The van der Waals surface area contributed by atoms with Crippen molar-refractivity contribution in [3.05, 3.63) is 52.6 Å². The number of H-pyrrole nitrogens is 1. The van der Waals surface area contributed by atoms with Crippen molar-refractivity contribution < 1.29 is 0 Å². The van der Waals surface area contributed by atoms with Crippen molar-refractivity contribution in [2.24, 2.45) is 9.98 Å². The highest BCUT2D eigenvalue weighted by atomic mass is 35.5. The Morgan fingerprint density at radius 3 is 2.87 bits per heavy atom. The molecule has 1 aliphatic carbocycles. The number of piperazine rings is 1. The molecule has 0 unspecified atom stereocenters. The fourth-order valence-corrected chi connectivity index (χ4v) is 4.29. The second-order valence-corrected chi connectivity index (χ2v) is 8.19. The summed E-state index contributed by atoms with van der Waals surface area (Å²) in [5.41, 5.74) is 5.00. The van der Waals surface area contributed by atoms with Gasteiger partial charge in [-0.2, -0.15) is 0 Å². The number of aromatic amines is 1. The minimum atomic E-state index is 0.537. The van der Waals surface area contributed by atoms with E-state index in [0.29, 0.717) is 17.6 Å². The van der Waals surface area contributed by atoms with Gasteiger partial charge in [-0.1, -0.05) is 11.6 Å². The minimum absolute atomic E-state index is 0.537. The van der Waals surface area contributed by atoms with Crippen LogP contribution in [0.25, 0.3) is 11.0 Å². The third-order valence-corrected chi connectivity index (χ3v) is 5.97. The Hall–Kier alpha value is -2.77. The number of pyridine rings is 2. The molecule has 30 heavy (non-hydrogen) atoms. The van der Waals surface area contributed by atoms with Crippen LogP contribution in [0.4, 0.5) is 5.69 Å². The molecule has 0 aromatic carbocycles. The molecule has 2 aliphatic rings. The van der Waals surface area contributed by atoms with Gasteiger partial charge in [0.25, 0.3) is 0 Å². The minimum Gasteiger partial charge on any atom is -0.354 e. The Balaban J connectivity index is 1.60. The maximum absolute atomic E-state index is 6.16. The molecule has 1 saturated heterocycles. The highest BCUT2D eigenvalue weighted by molar-refractivity contribution is 6.30. The number of aliphatic imine (C=N–C) groups is 2. The largest absolute Gasteiger partial charge is 0.354 e. The van der Waals surface area contributed by atoms with E-state index in [2.05, 4.69) is 36.9 Å². The monoisotopic (exact) mass is 421 g/mol. The van der Waals surface area contributed by atoms with Crippen molar-refractivity contribution >= 4 is 40.9 Å². The number of nitrogens with one attached hydrogen (secondary N) is 2. The van der Waals surface area contributed by atoms with Gasteiger partial charge < -0.3 is 15.2 Å². The number of halogens is 1. The molecule has 4 heterocycles. The van der Waals surface area contributed by atoms with E-state index in [1.807, 2.05) is 18.3 Å². The van der Waals surface area contributed by atoms with E-state index in [0.717, 1.165) is 59.9 Å². The molecule has 1 aliphatic heterocycles. The van der Waals surface area contributed by atoms with Crippen LogP contribution < -0.4 is 5.32 Å². The molecule has 7 nitrogen and oxygen atoms in total. The van der Waals surface area contributed by atoms with E-state index in [9.17, 15) is 0 Å². The lowest BCUT2D eigenvalue weighted by atomic mass is 10.0. The highest BCUT2D eigenvalue weighted by Gasteiger charge is 2.31. The van der Waals surface area contributed by atoms with E-state index < -0.39 is 0 Å². The predicted molar refractivity (Wildman–Crippen MR) is 121 cm³/mol. The molecule has 154 valence electrons. The van der Waals surface area contributed by atoms with Gasteiger partial charge in [0.15, 0.2) is 0 Å². The molecule has 5 rings (SSSR count). The van der Waals surface area contributed by atoms with Gasteiger partial charge in [0.05, 0.1) is 18.4 Å². The summed E-state index contributed by atoms with van der Waals surface area (Å²) in [6, 6.07) is 3.92. The second-order valence-electron chi connectivity index (χ2n) is 7.78. The number of fused-ring (bicyclic) bond motifs is 1. The van der Waals surface area contributed by atoms with E-state index >= 15 is 0 Å². The Bertz CT molecular complexity index is 1110. The van der Waals surface area contributed by atoms with Gasteiger partial charge >= 0.3 is 0 Å². The van der Waals surface area contributed by atoms with Crippen LogP contribution in [0.15, 0.2) is 40.7 Å². The standard InChI is InChI=1S/C22H24ClN7/c1-24-18-13-26-12-17(14-2-3-14)20(18)22(30-8-6-25-7-9-30)28-11-15-4-5-27-21-16(15)10-19(23)29-21/h4-5,10,12-14,25H,1-3,6-9,11H2,(H,27,29)/b28-22+. The van der Waals surface area contributed by atoms with Gasteiger partial charge in [-0.25, -0.2) is 4.98 Å². The highest BCUT2D eigenvalue weighted by Crippen LogP contribution is 2.43. The molecule has 0 atom stereocenters. The molecular weight excluding hydrogens is 398 g/mol. The van der Waals surface area contributed by atoms with Gasteiger partial charge in [0.2, 0.25) is 0 Å². The first-order chi connectivity index (χ1) is 14.7. The maximum Gasteiger partial charge on any atom is 0.138 e. The predicted octanol–water partition coefficient (Wildman–Crippen LogP) is 3.67. The van der Waals surface area contributed by atoms with Crippen molar-refractivity contribution in [1.82, 2.24) is 25.2 Å². The topological polar surface area (TPSA) is 81.6 Å². The average Bonchev–Trinajstić information content (AvgIpc) is 3.55. The molecule has 0 bridgehead atoms. The molecule has 0 spiro atoms. The smallest absolute Gasteiger partial charge is 0.138 e. The number of hydrogen-bond acceptors (Lipinski definition) is 5. The van der Waals surface area contributed by atoms with E-state index in [1.54, 1.807) is 12.4 Å². The van der Waals surface area contributed by atoms with Gasteiger partial charge in [0, 0.05) is 49.5 Å². The molecule has 1 saturated carbocycles. The number of nitrogens with zero attached hydrogens (tertiary/aromatic N) is 5. The molecule has 0 amide bonds. The second kappa shape index (κ2) is 8.16.